The molecule has 0 aliphatic carbocycles. The molecule has 1 N–H and O–H groups in total. The SMILES string of the molecule is CCOc1nnc(CN[C@@H]2CCc3nc(CC)nn3C2)s1. The van der Waals surface area contributed by atoms with Crippen LogP contribution in [0.5, 0.6) is 5.19 Å². The summed E-state index contributed by atoms with van der Waals surface area (Å²) in [6.45, 7) is 6.25. The van der Waals surface area contributed by atoms with Gasteiger partial charge in [0.25, 0.3) is 5.19 Å². The molecule has 0 saturated carbocycles. The first-order valence-electron chi connectivity index (χ1n) is 7.39. The normalized spacial score (nSPS) is 17.7. The Hall–Kier alpha value is -1.54. The number of aromatic nitrogens is 5. The molecule has 3 rings (SSSR count). The number of hydrogen-bond donors (Lipinski definition) is 1. The van der Waals surface area contributed by atoms with Crippen LogP contribution >= 0.6 is 11.3 Å². The summed E-state index contributed by atoms with van der Waals surface area (Å²) in [5, 5.41) is 17.8. The molecule has 3 heterocycles. The molecular weight excluding hydrogens is 288 g/mol. The van der Waals surface area contributed by atoms with Gasteiger partial charge < -0.3 is 10.1 Å². The molecule has 8 heteroatoms. The highest BCUT2D eigenvalue weighted by atomic mass is 32.1. The number of fused-ring (bicyclic) bond motifs is 1. The van der Waals surface area contributed by atoms with E-state index in [9.17, 15) is 0 Å². The Morgan fingerprint density at radius 1 is 1.38 bits per heavy atom. The van der Waals surface area contributed by atoms with E-state index in [1.165, 1.54) is 11.3 Å². The Balaban J connectivity index is 1.54. The Morgan fingerprint density at radius 2 is 2.29 bits per heavy atom. The first-order valence-corrected chi connectivity index (χ1v) is 8.21. The molecule has 0 amide bonds. The molecule has 0 bridgehead atoms. The molecule has 7 nitrogen and oxygen atoms in total. The van der Waals surface area contributed by atoms with Crippen LogP contribution in [-0.4, -0.2) is 37.6 Å². The van der Waals surface area contributed by atoms with Crippen molar-refractivity contribution < 1.29 is 4.74 Å². The standard InChI is InChI=1S/C13H20N6OS/c1-3-10-15-11-6-5-9(8-19(11)18-10)14-7-12-16-17-13(21-12)20-4-2/h9,14H,3-8H2,1-2H3/t9-/m1/s1. The van der Waals surface area contributed by atoms with Gasteiger partial charge in [-0.15, -0.1) is 10.2 Å². The highest BCUT2D eigenvalue weighted by molar-refractivity contribution is 7.13. The van der Waals surface area contributed by atoms with E-state index in [1.807, 2.05) is 11.6 Å². The number of hydrogen-bond acceptors (Lipinski definition) is 7. The summed E-state index contributed by atoms with van der Waals surface area (Å²) in [5.74, 6) is 2.05. The minimum Gasteiger partial charge on any atom is -0.469 e. The van der Waals surface area contributed by atoms with Crippen molar-refractivity contribution in [3.05, 3.63) is 16.7 Å². The maximum absolute atomic E-state index is 5.33. The molecule has 0 radical (unpaired) electrons. The van der Waals surface area contributed by atoms with E-state index in [2.05, 4.69) is 32.5 Å². The molecule has 0 unspecified atom stereocenters. The molecule has 21 heavy (non-hydrogen) atoms. The molecule has 0 aromatic carbocycles. The summed E-state index contributed by atoms with van der Waals surface area (Å²) >= 11 is 1.50. The van der Waals surface area contributed by atoms with Crippen LogP contribution in [-0.2, 0) is 25.9 Å². The Labute approximate surface area is 127 Å². The van der Waals surface area contributed by atoms with Gasteiger partial charge in [0, 0.05) is 18.9 Å². The third-order valence-electron chi connectivity index (χ3n) is 3.48. The van der Waals surface area contributed by atoms with Crippen LogP contribution < -0.4 is 10.1 Å². The second-order valence-electron chi connectivity index (χ2n) is 4.99. The van der Waals surface area contributed by atoms with E-state index in [4.69, 9.17) is 4.74 Å². The third kappa shape index (κ3) is 3.38. The lowest BCUT2D eigenvalue weighted by molar-refractivity contribution is 0.335. The zero-order valence-corrected chi connectivity index (χ0v) is 13.2. The van der Waals surface area contributed by atoms with Crippen molar-refractivity contribution in [1.29, 1.82) is 0 Å². The fourth-order valence-corrected chi connectivity index (χ4v) is 3.10. The number of aryl methyl sites for hydroxylation is 2. The van der Waals surface area contributed by atoms with Crippen molar-refractivity contribution in [1.82, 2.24) is 30.3 Å². The van der Waals surface area contributed by atoms with E-state index in [-0.39, 0.29) is 0 Å². The van der Waals surface area contributed by atoms with Crippen molar-refractivity contribution >= 4 is 11.3 Å². The summed E-state index contributed by atoms with van der Waals surface area (Å²) in [6.07, 6.45) is 2.95. The molecule has 1 aliphatic rings. The summed E-state index contributed by atoms with van der Waals surface area (Å²) in [7, 11) is 0. The average Bonchev–Trinajstić information content (AvgIpc) is 3.11. The van der Waals surface area contributed by atoms with Gasteiger partial charge in [0.2, 0.25) is 0 Å². The highest BCUT2D eigenvalue weighted by Gasteiger charge is 2.21. The van der Waals surface area contributed by atoms with Gasteiger partial charge in [0.05, 0.1) is 19.7 Å². The molecule has 0 saturated heterocycles. The predicted octanol–water partition coefficient (Wildman–Crippen LogP) is 1.20. The number of nitrogens with zero attached hydrogens (tertiary/aromatic N) is 5. The van der Waals surface area contributed by atoms with Crippen molar-refractivity contribution in [2.24, 2.45) is 0 Å². The summed E-state index contributed by atoms with van der Waals surface area (Å²) in [4.78, 5) is 4.53. The van der Waals surface area contributed by atoms with Crippen LogP contribution in [0.4, 0.5) is 0 Å². The van der Waals surface area contributed by atoms with Crippen LogP contribution in [0.25, 0.3) is 0 Å². The highest BCUT2D eigenvalue weighted by Crippen LogP contribution is 2.18. The fraction of sp³-hybridized carbons (Fsp3) is 0.692. The van der Waals surface area contributed by atoms with Crippen LogP contribution in [0.1, 0.15) is 36.9 Å². The quantitative estimate of drug-likeness (QED) is 0.864. The van der Waals surface area contributed by atoms with Crippen molar-refractivity contribution in [3.63, 3.8) is 0 Å². The first-order chi connectivity index (χ1) is 10.3. The first kappa shape index (κ1) is 14.4. The Kier molecular flexibility index (Phi) is 4.45. The maximum Gasteiger partial charge on any atom is 0.294 e. The minimum atomic E-state index is 0.406. The van der Waals surface area contributed by atoms with Gasteiger partial charge >= 0.3 is 0 Å². The van der Waals surface area contributed by atoms with E-state index >= 15 is 0 Å². The van der Waals surface area contributed by atoms with Crippen molar-refractivity contribution in [2.75, 3.05) is 6.61 Å². The van der Waals surface area contributed by atoms with E-state index in [1.54, 1.807) is 0 Å². The van der Waals surface area contributed by atoms with Crippen molar-refractivity contribution in [2.45, 2.75) is 52.2 Å². The second-order valence-corrected chi connectivity index (χ2v) is 6.02. The van der Waals surface area contributed by atoms with E-state index in [0.29, 0.717) is 17.8 Å². The lowest BCUT2D eigenvalue weighted by Gasteiger charge is -2.23. The van der Waals surface area contributed by atoms with Crippen LogP contribution in [0.15, 0.2) is 0 Å². The van der Waals surface area contributed by atoms with Gasteiger partial charge in [0.1, 0.15) is 10.8 Å². The molecule has 1 atom stereocenters. The lowest BCUT2D eigenvalue weighted by Crippen LogP contribution is -2.37. The molecule has 114 valence electrons. The van der Waals surface area contributed by atoms with Gasteiger partial charge in [0.15, 0.2) is 5.82 Å². The monoisotopic (exact) mass is 308 g/mol. The van der Waals surface area contributed by atoms with Crippen molar-refractivity contribution in [3.8, 4) is 5.19 Å². The molecule has 0 fully saturated rings. The van der Waals surface area contributed by atoms with Crippen LogP contribution in [0.2, 0.25) is 0 Å². The zero-order chi connectivity index (χ0) is 14.7. The maximum atomic E-state index is 5.33. The molecule has 2 aromatic rings. The summed E-state index contributed by atoms with van der Waals surface area (Å²) in [6, 6.07) is 0.406. The lowest BCUT2D eigenvalue weighted by atomic mass is 10.1. The Bertz CT molecular complexity index is 595. The summed E-state index contributed by atoms with van der Waals surface area (Å²) < 4.78 is 7.37. The number of nitrogens with one attached hydrogen (secondary N) is 1. The van der Waals surface area contributed by atoms with Gasteiger partial charge in [-0.25, -0.2) is 9.67 Å². The largest absolute Gasteiger partial charge is 0.469 e. The Morgan fingerprint density at radius 3 is 3.10 bits per heavy atom. The molecule has 0 spiro atoms. The predicted molar refractivity (Wildman–Crippen MR) is 79.4 cm³/mol. The zero-order valence-electron chi connectivity index (χ0n) is 12.4. The fourth-order valence-electron chi connectivity index (χ4n) is 2.40. The van der Waals surface area contributed by atoms with Crippen LogP contribution in [0.3, 0.4) is 0 Å². The number of rotatable bonds is 6. The van der Waals surface area contributed by atoms with Crippen LogP contribution in [0, 0.1) is 0 Å². The molecular formula is C13H20N6OS. The van der Waals surface area contributed by atoms with E-state index in [0.717, 1.165) is 49.0 Å². The number of ether oxygens (including phenoxy) is 1. The van der Waals surface area contributed by atoms with Gasteiger partial charge in [-0.05, 0) is 13.3 Å². The topological polar surface area (TPSA) is 77.8 Å². The third-order valence-corrected chi connectivity index (χ3v) is 4.31. The van der Waals surface area contributed by atoms with Gasteiger partial charge in [-0.3, -0.25) is 0 Å². The van der Waals surface area contributed by atoms with Gasteiger partial charge in [-0.1, -0.05) is 18.3 Å². The van der Waals surface area contributed by atoms with Gasteiger partial charge in [-0.2, -0.15) is 5.10 Å². The minimum absolute atomic E-state index is 0.406. The molecule has 1 aliphatic heterocycles. The second kappa shape index (κ2) is 6.48. The average molecular weight is 308 g/mol. The summed E-state index contributed by atoms with van der Waals surface area (Å²) in [5.41, 5.74) is 0. The van der Waals surface area contributed by atoms with E-state index < -0.39 is 0 Å². The molecule has 2 aromatic heterocycles. The smallest absolute Gasteiger partial charge is 0.294 e.